The Morgan fingerprint density at radius 1 is 1.14 bits per heavy atom. The maximum absolute atomic E-state index is 14.2. The number of rotatable bonds is 8. The summed E-state index contributed by atoms with van der Waals surface area (Å²) in [5.41, 5.74) is 4.28. The summed E-state index contributed by atoms with van der Waals surface area (Å²) in [7, 11) is 3.75. The molecule has 12 heteroatoms. The van der Waals surface area contributed by atoms with Crippen molar-refractivity contribution in [3.8, 4) is 16.9 Å². The minimum absolute atomic E-state index is 0.0128. The number of alkyl halides is 2. The van der Waals surface area contributed by atoms with Crippen LogP contribution in [0.15, 0.2) is 54.9 Å². The summed E-state index contributed by atoms with van der Waals surface area (Å²) in [6.45, 7) is 1.34. The Hall–Kier alpha value is -3.87. The van der Waals surface area contributed by atoms with Gasteiger partial charge in [-0.1, -0.05) is 12.1 Å². The van der Waals surface area contributed by atoms with E-state index in [9.17, 15) is 13.6 Å². The van der Waals surface area contributed by atoms with E-state index in [0.29, 0.717) is 38.5 Å². The fourth-order valence-electron chi connectivity index (χ4n) is 6.04. The molecule has 2 atom stereocenters. The van der Waals surface area contributed by atoms with Crippen molar-refractivity contribution >= 4 is 22.6 Å². The second-order valence-electron chi connectivity index (χ2n) is 11.3. The Morgan fingerprint density at radius 3 is 2.65 bits per heavy atom. The molecule has 6 rings (SSSR count). The monoisotopic (exact) mass is 594 g/mol. The lowest BCUT2D eigenvalue weighted by molar-refractivity contribution is -0.121. The number of carbonyl (C=O) groups excluding carboxylic acids is 1. The zero-order chi connectivity index (χ0) is 30.1. The van der Waals surface area contributed by atoms with Crippen LogP contribution >= 0.6 is 0 Å². The Kier molecular flexibility index (Phi) is 8.42. The minimum Gasteiger partial charge on any atom is -0.435 e. The van der Waals surface area contributed by atoms with Gasteiger partial charge in [-0.05, 0) is 56.6 Å². The van der Waals surface area contributed by atoms with Gasteiger partial charge in [0.2, 0.25) is 5.91 Å². The summed E-state index contributed by atoms with van der Waals surface area (Å²) in [6.07, 6.45) is 5.24. The Balaban J connectivity index is 1.36. The number of imidazole rings is 1. The van der Waals surface area contributed by atoms with E-state index >= 15 is 0 Å². The molecule has 0 aliphatic carbocycles. The predicted molar refractivity (Wildman–Crippen MR) is 157 cm³/mol. The molecule has 1 saturated heterocycles. The maximum atomic E-state index is 14.2. The largest absolute Gasteiger partial charge is 0.435 e. The van der Waals surface area contributed by atoms with Gasteiger partial charge in [-0.15, -0.1) is 0 Å². The van der Waals surface area contributed by atoms with Crippen molar-refractivity contribution in [3.63, 3.8) is 0 Å². The van der Waals surface area contributed by atoms with Crippen LogP contribution < -0.4 is 9.64 Å². The quantitative estimate of drug-likeness (QED) is 0.289. The number of fused-ring (bicyclic) bond motifs is 3. The van der Waals surface area contributed by atoms with Crippen molar-refractivity contribution in [2.45, 2.75) is 44.5 Å². The number of likely N-dealkylation sites (N-methyl/N-ethyl adjacent to an activating group) is 1. The van der Waals surface area contributed by atoms with E-state index in [0.717, 1.165) is 34.4 Å². The number of nitrogens with zero attached hydrogens (tertiary/aromatic N) is 6. The molecule has 10 nitrogen and oxygen atoms in total. The first-order chi connectivity index (χ1) is 20.8. The molecule has 228 valence electrons. The lowest BCUT2D eigenvalue weighted by atomic mass is 10.1. The number of aryl methyl sites for hydroxylation is 1. The highest BCUT2D eigenvalue weighted by molar-refractivity contribution is 5.96. The van der Waals surface area contributed by atoms with Crippen LogP contribution in [0.5, 0.6) is 5.75 Å². The smallest absolute Gasteiger partial charge is 0.387 e. The Morgan fingerprint density at radius 2 is 1.93 bits per heavy atom. The van der Waals surface area contributed by atoms with E-state index in [1.54, 1.807) is 21.7 Å². The lowest BCUT2D eigenvalue weighted by Crippen LogP contribution is -2.47. The van der Waals surface area contributed by atoms with Crippen molar-refractivity contribution in [3.05, 3.63) is 60.7 Å². The first-order valence-corrected chi connectivity index (χ1v) is 14.5. The standard InChI is InChI=1S/C31H36F2N6O4/c1-20-12-28(30-35-26-9-8-21(13-27(26)38(20)30)22-15-34-37(3)16-22)39(23-6-4-7-25(14-23)43-31(32)33)29(40)17-36(2)24-18-41-10-5-11-42-19-24/h4,6-9,13-16,20,24,28,31H,5,10-12,17-19H2,1-3H3/t20-,28+/m0/s1. The average Bonchev–Trinajstić information content (AvgIpc) is 3.63. The fraction of sp³-hybridized carbons (Fsp3) is 0.452. The van der Waals surface area contributed by atoms with Crippen LogP contribution in [0.1, 0.15) is 37.7 Å². The van der Waals surface area contributed by atoms with Crippen molar-refractivity contribution in [1.29, 1.82) is 0 Å². The zero-order valence-electron chi connectivity index (χ0n) is 24.5. The first-order valence-electron chi connectivity index (χ1n) is 14.5. The Bertz CT molecular complexity index is 1580. The Labute approximate surface area is 248 Å². The molecule has 0 radical (unpaired) electrons. The number of hydrogen-bond acceptors (Lipinski definition) is 7. The molecule has 2 aliphatic heterocycles. The number of amides is 1. The predicted octanol–water partition coefficient (Wildman–Crippen LogP) is 4.81. The second-order valence-corrected chi connectivity index (χ2v) is 11.3. The van der Waals surface area contributed by atoms with Gasteiger partial charge >= 0.3 is 6.61 Å². The van der Waals surface area contributed by atoms with E-state index in [1.807, 2.05) is 43.5 Å². The molecular weight excluding hydrogens is 558 g/mol. The van der Waals surface area contributed by atoms with E-state index in [2.05, 4.69) is 22.7 Å². The molecule has 0 unspecified atom stereocenters. The van der Waals surface area contributed by atoms with Crippen molar-refractivity contribution < 1.29 is 27.8 Å². The molecule has 43 heavy (non-hydrogen) atoms. The third-order valence-corrected chi connectivity index (χ3v) is 8.17. The topological polar surface area (TPSA) is 86.9 Å². The van der Waals surface area contributed by atoms with Crippen LogP contribution in [0.25, 0.3) is 22.2 Å². The highest BCUT2D eigenvalue weighted by Gasteiger charge is 2.39. The number of ether oxygens (including phenoxy) is 3. The zero-order valence-corrected chi connectivity index (χ0v) is 24.5. The van der Waals surface area contributed by atoms with E-state index in [-0.39, 0.29) is 30.3 Å². The summed E-state index contributed by atoms with van der Waals surface area (Å²) in [6, 6.07) is 11.9. The molecule has 0 bridgehead atoms. The number of carbonyl (C=O) groups is 1. The number of anilines is 1. The van der Waals surface area contributed by atoms with Crippen LogP contribution in [-0.2, 0) is 21.3 Å². The maximum Gasteiger partial charge on any atom is 0.387 e. The molecule has 1 amide bonds. The molecule has 0 N–H and O–H groups in total. The summed E-state index contributed by atoms with van der Waals surface area (Å²) in [5, 5.41) is 4.30. The van der Waals surface area contributed by atoms with Gasteiger partial charge in [0, 0.05) is 49.8 Å². The summed E-state index contributed by atoms with van der Waals surface area (Å²) < 4.78 is 46.4. The summed E-state index contributed by atoms with van der Waals surface area (Å²) in [5.74, 6) is 0.549. The highest BCUT2D eigenvalue weighted by Crippen LogP contribution is 2.43. The van der Waals surface area contributed by atoms with Gasteiger partial charge < -0.3 is 23.7 Å². The molecule has 2 aromatic heterocycles. The van der Waals surface area contributed by atoms with E-state index < -0.39 is 12.7 Å². The van der Waals surface area contributed by atoms with Crippen LogP contribution in [0.2, 0.25) is 0 Å². The molecule has 2 aliphatic rings. The molecule has 2 aromatic carbocycles. The summed E-state index contributed by atoms with van der Waals surface area (Å²) in [4.78, 5) is 22.8. The minimum atomic E-state index is -2.98. The van der Waals surface area contributed by atoms with Gasteiger partial charge in [0.25, 0.3) is 0 Å². The third-order valence-electron chi connectivity index (χ3n) is 8.17. The summed E-state index contributed by atoms with van der Waals surface area (Å²) >= 11 is 0. The van der Waals surface area contributed by atoms with Crippen LogP contribution in [0, 0.1) is 0 Å². The molecular formula is C31H36F2N6O4. The van der Waals surface area contributed by atoms with Crippen LogP contribution in [0.4, 0.5) is 14.5 Å². The third kappa shape index (κ3) is 6.13. The van der Waals surface area contributed by atoms with Crippen LogP contribution in [-0.4, -0.2) is 82.8 Å². The molecule has 4 heterocycles. The highest BCUT2D eigenvalue weighted by atomic mass is 19.3. The SMILES string of the molecule is C[C@H]1C[C@@H](N(C(=O)CN(C)C2COCCCOC2)c2cccc(OC(F)F)c2)c2nc3ccc(-c4cnn(C)c4)cc3n21. The molecule has 0 spiro atoms. The van der Waals surface area contributed by atoms with Gasteiger partial charge in [-0.2, -0.15) is 13.9 Å². The molecule has 0 saturated carbocycles. The van der Waals surface area contributed by atoms with Crippen molar-refractivity contribution in [2.75, 3.05) is 44.9 Å². The number of aromatic nitrogens is 4. The van der Waals surface area contributed by atoms with Gasteiger partial charge in [-0.25, -0.2) is 4.98 Å². The molecule has 1 fully saturated rings. The number of benzene rings is 2. The fourth-order valence-corrected chi connectivity index (χ4v) is 6.04. The van der Waals surface area contributed by atoms with Gasteiger partial charge in [0.1, 0.15) is 11.6 Å². The van der Waals surface area contributed by atoms with E-state index in [4.69, 9.17) is 19.2 Å². The number of hydrogen-bond donors (Lipinski definition) is 0. The average molecular weight is 595 g/mol. The van der Waals surface area contributed by atoms with E-state index in [1.165, 1.54) is 12.1 Å². The number of halogens is 2. The van der Waals surface area contributed by atoms with Crippen LogP contribution in [0.3, 0.4) is 0 Å². The van der Waals surface area contributed by atoms with Gasteiger partial charge in [0.05, 0.1) is 49.1 Å². The van der Waals surface area contributed by atoms with Gasteiger partial charge in [0.15, 0.2) is 0 Å². The van der Waals surface area contributed by atoms with Gasteiger partial charge in [-0.3, -0.25) is 14.4 Å². The van der Waals surface area contributed by atoms with Crippen molar-refractivity contribution in [1.82, 2.24) is 24.2 Å². The second kappa shape index (κ2) is 12.4. The normalized spacial score (nSPS) is 19.5. The van der Waals surface area contributed by atoms with Crippen molar-refractivity contribution in [2.24, 2.45) is 7.05 Å². The lowest BCUT2D eigenvalue weighted by Gasteiger charge is -2.33. The molecule has 4 aromatic rings. The first kappa shape index (κ1) is 29.2.